The molecule has 1 amide bonds. The summed E-state index contributed by atoms with van der Waals surface area (Å²) in [5, 5.41) is 3.83. The number of hydrogen-bond acceptors (Lipinski definition) is 5. The topological polar surface area (TPSA) is 51.7 Å². The lowest BCUT2D eigenvalue weighted by atomic mass is 10.0. The number of fused-ring (bicyclic) bond motifs is 1. The Balaban J connectivity index is 1.46. The van der Waals surface area contributed by atoms with Crippen LogP contribution in [0.3, 0.4) is 0 Å². The number of carbonyl (C=O) groups is 1. The van der Waals surface area contributed by atoms with E-state index in [1.807, 2.05) is 40.1 Å². The zero-order valence-corrected chi connectivity index (χ0v) is 13.4. The number of ether oxygens (including phenoxy) is 2. The van der Waals surface area contributed by atoms with E-state index in [1.54, 1.807) is 17.5 Å². The highest BCUT2D eigenvalue weighted by Gasteiger charge is 2.48. The van der Waals surface area contributed by atoms with Crippen molar-refractivity contribution in [1.82, 2.24) is 9.88 Å². The monoisotopic (exact) mass is 330 g/mol. The first-order valence-corrected chi connectivity index (χ1v) is 8.68. The molecule has 0 bridgehead atoms. The molecule has 23 heavy (non-hydrogen) atoms. The highest BCUT2D eigenvalue weighted by Crippen LogP contribution is 2.33. The van der Waals surface area contributed by atoms with Gasteiger partial charge in [-0.3, -0.25) is 9.78 Å². The molecule has 120 valence electrons. The van der Waals surface area contributed by atoms with Gasteiger partial charge in [-0.15, -0.1) is 0 Å². The Morgan fingerprint density at radius 2 is 2.39 bits per heavy atom. The van der Waals surface area contributed by atoms with Gasteiger partial charge >= 0.3 is 0 Å². The van der Waals surface area contributed by atoms with Crippen LogP contribution in [0.4, 0.5) is 0 Å². The number of carbonyl (C=O) groups excluding carboxylic acids is 1. The highest BCUT2D eigenvalue weighted by molar-refractivity contribution is 7.08. The third-order valence-corrected chi connectivity index (χ3v) is 5.25. The summed E-state index contributed by atoms with van der Waals surface area (Å²) in [5.41, 5.74) is 1.80. The molecule has 0 saturated carbocycles. The van der Waals surface area contributed by atoms with Crippen molar-refractivity contribution >= 4 is 17.2 Å². The largest absolute Gasteiger partial charge is 0.379 e. The third-order valence-electron chi connectivity index (χ3n) is 4.56. The second-order valence-corrected chi connectivity index (χ2v) is 6.73. The molecule has 5 nitrogen and oxygen atoms in total. The van der Waals surface area contributed by atoms with Gasteiger partial charge in [0, 0.05) is 30.2 Å². The van der Waals surface area contributed by atoms with Crippen molar-refractivity contribution in [2.24, 2.45) is 5.92 Å². The summed E-state index contributed by atoms with van der Waals surface area (Å²) >= 11 is 1.54. The summed E-state index contributed by atoms with van der Waals surface area (Å²) in [6, 6.07) is 5.91. The lowest BCUT2D eigenvalue weighted by molar-refractivity contribution is 0.00926. The fraction of sp³-hybridized carbons (Fsp3) is 0.412. The number of pyridine rings is 1. The molecule has 2 aliphatic rings. The fourth-order valence-electron chi connectivity index (χ4n) is 3.35. The van der Waals surface area contributed by atoms with Gasteiger partial charge in [-0.05, 0) is 23.1 Å². The van der Waals surface area contributed by atoms with Crippen LogP contribution in [0, 0.1) is 5.92 Å². The summed E-state index contributed by atoms with van der Waals surface area (Å²) in [5.74, 6) is 0.341. The Kier molecular flexibility index (Phi) is 4.11. The molecule has 0 N–H and O–H groups in total. The molecule has 4 rings (SSSR count). The molecular weight excluding hydrogens is 312 g/mol. The Hall–Kier alpha value is -1.76. The summed E-state index contributed by atoms with van der Waals surface area (Å²) in [6.45, 7) is 2.42. The third kappa shape index (κ3) is 2.89. The Morgan fingerprint density at radius 3 is 3.17 bits per heavy atom. The van der Waals surface area contributed by atoms with Gasteiger partial charge in [0.1, 0.15) is 0 Å². The van der Waals surface area contributed by atoms with E-state index in [1.165, 1.54) is 0 Å². The molecule has 0 spiro atoms. The van der Waals surface area contributed by atoms with Crippen LogP contribution in [-0.4, -0.2) is 47.7 Å². The second kappa shape index (κ2) is 6.39. The van der Waals surface area contributed by atoms with Crippen LogP contribution in [0.25, 0.3) is 0 Å². The van der Waals surface area contributed by atoms with E-state index in [9.17, 15) is 4.79 Å². The van der Waals surface area contributed by atoms with Crippen molar-refractivity contribution in [1.29, 1.82) is 0 Å². The SMILES string of the molecule is O=C(c1ccsc1)N1C[C@@H](OCc2cccnc2)[C@@H]2COC[C@@H]21. The predicted molar refractivity (Wildman–Crippen MR) is 86.3 cm³/mol. The van der Waals surface area contributed by atoms with Gasteiger partial charge in [-0.2, -0.15) is 11.3 Å². The summed E-state index contributed by atoms with van der Waals surface area (Å²) in [7, 11) is 0. The molecule has 0 radical (unpaired) electrons. The average Bonchev–Trinajstić information content (AvgIpc) is 3.31. The lowest BCUT2D eigenvalue weighted by Gasteiger charge is -2.21. The van der Waals surface area contributed by atoms with Crippen LogP contribution < -0.4 is 0 Å². The van der Waals surface area contributed by atoms with Crippen LogP contribution in [0.5, 0.6) is 0 Å². The van der Waals surface area contributed by atoms with Crippen molar-refractivity contribution in [2.75, 3.05) is 19.8 Å². The van der Waals surface area contributed by atoms with E-state index in [2.05, 4.69) is 4.98 Å². The predicted octanol–water partition coefficient (Wildman–Crippen LogP) is 2.20. The van der Waals surface area contributed by atoms with E-state index < -0.39 is 0 Å². The molecule has 0 aliphatic carbocycles. The van der Waals surface area contributed by atoms with Crippen LogP contribution in [0.2, 0.25) is 0 Å². The van der Waals surface area contributed by atoms with E-state index in [0.29, 0.717) is 26.4 Å². The standard InChI is InChI=1S/C17H18N2O3S/c20-17(13-3-5-23-11-13)19-7-16(14-9-21-10-15(14)19)22-8-12-2-1-4-18-6-12/h1-6,11,14-16H,7-10H2/t14-,15+,16-/m1/s1. The number of amides is 1. The minimum atomic E-state index is 0.0188. The molecule has 2 aromatic heterocycles. The molecule has 0 unspecified atom stereocenters. The lowest BCUT2D eigenvalue weighted by Crippen LogP contribution is -2.37. The first kappa shape index (κ1) is 14.8. The first-order valence-electron chi connectivity index (χ1n) is 7.74. The number of hydrogen-bond donors (Lipinski definition) is 0. The zero-order chi connectivity index (χ0) is 15.6. The maximum absolute atomic E-state index is 12.7. The number of rotatable bonds is 4. The van der Waals surface area contributed by atoms with Crippen molar-refractivity contribution in [3.05, 3.63) is 52.5 Å². The molecule has 3 atom stereocenters. The van der Waals surface area contributed by atoms with Crippen molar-refractivity contribution < 1.29 is 14.3 Å². The molecule has 2 aliphatic heterocycles. The van der Waals surface area contributed by atoms with Gasteiger partial charge in [-0.1, -0.05) is 6.07 Å². The summed E-state index contributed by atoms with van der Waals surface area (Å²) in [6.07, 6.45) is 3.58. The van der Waals surface area contributed by atoms with E-state index in [4.69, 9.17) is 9.47 Å². The second-order valence-electron chi connectivity index (χ2n) is 5.95. The van der Waals surface area contributed by atoms with Gasteiger partial charge in [-0.25, -0.2) is 0 Å². The number of aromatic nitrogens is 1. The van der Waals surface area contributed by atoms with E-state index in [-0.39, 0.29) is 24.0 Å². The average molecular weight is 330 g/mol. The van der Waals surface area contributed by atoms with Gasteiger partial charge in [0.2, 0.25) is 0 Å². The van der Waals surface area contributed by atoms with Gasteiger partial charge in [0.05, 0.1) is 37.5 Å². The molecule has 2 saturated heterocycles. The van der Waals surface area contributed by atoms with Gasteiger partial charge in [0.25, 0.3) is 5.91 Å². The maximum Gasteiger partial charge on any atom is 0.255 e. The minimum absolute atomic E-state index is 0.0188. The summed E-state index contributed by atoms with van der Waals surface area (Å²) < 4.78 is 11.7. The van der Waals surface area contributed by atoms with Gasteiger partial charge in [0.15, 0.2) is 0 Å². The molecule has 6 heteroatoms. The zero-order valence-electron chi connectivity index (χ0n) is 12.6. The van der Waals surface area contributed by atoms with Crippen molar-refractivity contribution in [3.8, 4) is 0 Å². The van der Waals surface area contributed by atoms with Crippen LogP contribution in [-0.2, 0) is 16.1 Å². The van der Waals surface area contributed by atoms with Crippen LogP contribution in [0.15, 0.2) is 41.4 Å². The minimum Gasteiger partial charge on any atom is -0.379 e. The molecule has 0 aromatic carbocycles. The first-order chi connectivity index (χ1) is 11.3. The van der Waals surface area contributed by atoms with E-state index in [0.717, 1.165) is 11.1 Å². The Bertz CT molecular complexity index is 662. The number of likely N-dealkylation sites (tertiary alicyclic amines) is 1. The summed E-state index contributed by atoms with van der Waals surface area (Å²) in [4.78, 5) is 18.7. The van der Waals surface area contributed by atoms with Crippen molar-refractivity contribution in [2.45, 2.75) is 18.8 Å². The highest BCUT2D eigenvalue weighted by atomic mass is 32.1. The molecule has 4 heterocycles. The maximum atomic E-state index is 12.7. The molecule has 2 fully saturated rings. The fourth-order valence-corrected chi connectivity index (χ4v) is 3.98. The Morgan fingerprint density at radius 1 is 1.43 bits per heavy atom. The van der Waals surface area contributed by atoms with Gasteiger partial charge < -0.3 is 14.4 Å². The normalized spacial score (nSPS) is 26.4. The van der Waals surface area contributed by atoms with E-state index >= 15 is 0 Å². The Labute approximate surface area is 138 Å². The number of nitrogens with zero attached hydrogens (tertiary/aromatic N) is 2. The molecule has 2 aromatic rings. The quantitative estimate of drug-likeness (QED) is 0.862. The van der Waals surface area contributed by atoms with Crippen LogP contribution in [0.1, 0.15) is 15.9 Å². The molecular formula is C17H18N2O3S. The van der Waals surface area contributed by atoms with Crippen molar-refractivity contribution in [3.63, 3.8) is 0 Å². The van der Waals surface area contributed by atoms with Crippen LogP contribution >= 0.6 is 11.3 Å². The smallest absolute Gasteiger partial charge is 0.255 e. The number of thiophene rings is 1.